The van der Waals surface area contributed by atoms with E-state index in [2.05, 4.69) is 15.0 Å². The van der Waals surface area contributed by atoms with Crippen LogP contribution in [0.5, 0.6) is 0 Å². The van der Waals surface area contributed by atoms with Crippen LogP contribution in [0.25, 0.3) is 11.2 Å². The highest BCUT2D eigenvalue weighted by molar-refractivity contribution is 5.69. The lowest BCUT2D eigenvalue weighted by molar-refractivity contribution is 0.407. The number of hydrogen-bond donors (Lipinski definition) is 1. The van der Waals surface area contributed by atoms with Crippen LogP contribution >= 0.6 is 0 Å². The Balaban J connectivity index is 2.87. The zero-order chi connectivity index (χ0) is 10.3. The van der Waals surface area contributed by atoms with Crippen LogP contribution in [0.2, 0.25) is 0 Å². The van der Waals surface area contributed by atoms with Crippen molar-refractivity contribution in [1.82, 2.24) is 19.5 Å². The molecule has 5 heteroatoms. The predicted molar refractivity (Wildman–Crippen MR) is 53.1 cm³/mol. The van der Waals surface area contributed by atoms with Gasteiger partial charge >= 0.3 is 0 Å². The highest BCUT2D eigenvalue weighted by atomic mass is 16.1. The molecule has 0 saturated carbocycles. The van der Waals surface area contributed by atoms with E-state index in [-0.39, 0.29) is 11.1 Å². The molecule has 14 heavy (non-hydrogen) atoms. The van der Waals surface area contributed by atoms with Crippen LogP contribution in [0.15, 0.2) is 17.4 Å². The molecule has 0 aromatic carbocycles. The van der Waals surface area contributed by atoms with E-state index in [4.69, 9.17) is 0 Å². The molecule has 2 rings (SSSR count). The summed E-state index contributed by atoms with van der Waals surface area (Å²) in [5.74, 6) is 0. The molecule has 0 spiro atoms. The zero-order valence-electron chi connectivity index (χ0n) is 8.40. The molecule has 2 aromatic heterocycles. The molecule has 2 heterocycles. The zero-order valence-corrected chi connectivity index (χ0v) is 8.40. The third-order valence-corrected chi connectivity index (χ3v) is 2.07. The van der Waals surface area contributed by atoms with E-state index in [0.717, 1.165) is 0 Å². The van der Waals surface area contributed by atoms with Crippen LogP contribution in [-0.4, -0.2) is 19.5 Å². The second-order valence-corrected chi connectivity index (χ2v) is 4.19. The third kappa shape index (κ3) is 1.21. The quantitative estimate of drug-likeness (QED) is 0.673. The summed E-state index contributed by atoms with van der Waals surface area (Å²) in [5.41, 5.74) is 0.705. The monoisotopic (exact) mass is 192 g/mol. The Hall–Kier alpha value is -1.65. The van der Waals surface area contributed by atoms with Gasteiger partial charge in [-0.2, -0.15) is 0 Å². The first kappa shape index (κ1) is 8.93. The average molecular weight is 192 g/mol. The van der Waals surface area contributed by atoms with Crippen LogP contribution in [0.3, 0.4) is 0 Å². The standard InChI is InChI=1S/C9H12N4O/c1-9(2,3)13-5-12-7-6(13)8(14)11-4-10-7/h4-5H,1-3H3,(H,10,11,14). The summed E-state index contributed by atoms with van der Waals surface area (Å²) in [6.45, 7) is 6.04. The van der Waals surface area contributed by atoms with Crippen molar-refractivity contribution in [2.45, 2.75) is 26.3 Å². The molecule has 1 N–H and O–H groups in total. The topological polar surface area (TPSA) is 63.6 Å². The summed E-state index contributed by atoms with van der Waals surface area (Å²) in [5, 5.41) is 0. The predicted octanol–water partition coefficient (Wildman–Crippen LogP) is 0.875. The van der Waals surface area contributed by atoms with E-state index in [9.17, 15) is 4.79 Å². The van der Waals surface area contributed by atoms with Crippen LogP contribution in [0.4, 0.5) is 0 Å². The number of nitrogens with zero attached hydrogens (tertiary/aromatic N) is 3. The minimum absolute atomic E-state index is 0.151. The van der Waals surface area contributed by atoms with Gasteiger partial charge in [-0.25, -0.2) is 9.97 Å². The molecule has 0 aliphatic carbocycles. The van der Waals surface area contributed by atoms with Gasteiger partial charge in [0.25, 0.3) is 5.56 Å². The number of H-pyrrole nitrogens is 1. The molecule has 0 atom stereocenters. The van der Waals surface area contributed by atoms with E-state index < -0.39 is 0 Å². The summed E-state index contributed by atoms with van der Waals surface area (Å²) in [6, 6.07) is 0. The highest BCUT2D eigenvalue weighted by Gasteiger charge is 2.18. The molecule has 0 aliphatic heterocycles. The van der Waals surface area contributed by atoms with E-state index in [1.165, 1.54) is 6.33 Å². The van der Waals surface area contributed by atoms with E-state index in [1.807, 2.05) is 25.3 Å². The molecule has 74 valence electrons. The smallest absolute Gasteiger partial charge is 0.276 e. The number of imidazole rings is 1. The second-order valence-electron chi connectivity index (χ2n) is 4.19. The summed E-state index contributed by atoms with van der Waals surface area (Å²) >= 11 is 0. The van der Waals surface area contributed by atoms with Crippen molar-refractivity contribution >= 4 is 11.2 Å². The molecule has 2 aromatic rings. The third-order valence-electron chi connectivity index (χ3n) is 2.07. The van der Waals surface area contributed by atoms with Gasteiger partial charge in [-0.3, -0.25) is 4.79 Å². The molecular formula is C9H12N4O. The fraction of sp³-hybridized carbons (Fsp3) is 0.444. The number of aromatic nitrogens is 4. The Kier molecular flexibility index (Phi) is 1.70. The molecule has 0 amide bonds. The Morgan fingerprint density at radius 2 is 2.07 bits per heavy atom. The van der Waals surface area contributed by atoms with Crippen molar-refractivity contribution in [3.05, 3.63) is 23.0 Å². The Morgan fingerprint density at radius 1 is 1.36 bits per heavy atom. The van der Waals surface area contributed by atoms with Gasteiger partial charge in [-0.15, -0.1) is 0 Å². The summed E-state index contributed by atoms with van der Waals surface area (Å²) in [7, 11) is 0. The Labute approximate surface area is 80.8 Å². The normalized spacial score (nSPS) is 12.2. The lowest BCUT2D eigenvalue weighted by Gasteiger charge is -2.20. The highest BCUT2D eigenvalue weighted by Crippen LogP contribution is 2.17. The fourth-order valence-electron chi connectivity index (χ4n) is 1.37. The fourth-order valence-corrected chi connectivity index (χ4v) is 1.37. The van der Waals surface area contributed by atoms with Crippen molar-refractivity contribution in [1.29, 1.82) is 0 Å². The summed E-state index contributed by atoms with van der Waals surface area (Å²) < 4.78 is 1.83. The lowest BCUT2D eigenvalue weighted by atomic mass is 10.1. The SMILES string of the molecule is CC(C)(C)n1cnc2nc[nH]c(=O)c21. The maximum atomic E-state index is 11.6. The van der Waals surface area contributed by atoms with Gasteiger partial charge in [0, 0.05) is 5.54 Å². The molecule has 5 nitrogen and oxygen atoms in total. The number of hydrogen-bond acceptors (Lipinski definition) is 3. The molecule has 0 bridgehead atoms. The van der Waals surface area contributed by atoms with E-state index >= 15 is 0 Å². The number of nitrogens with one attached hydrogen (secondary N) is 1. The molecule has 0 unspecified atom stereocenters. The van der Waals surface area contributed by atoms with Gasteiger partial charge < -0.3 is 9.55 Å². The number of rotatable bonds is 0. The number of fused-ring (bicyclic) bond motifs is 1. The van der Waals surface area contributed by atoms with Crippen molar-refractivity contribution in [3.63, 3.8) is 0 Å². The van der Waals surface area contributed by atoms with Gasteiger partial charge in [0.15, 0.2) is 11.2 Å². The second kappa shape index (κ2) is 2.67. The van der Waals surface area contributed by atoms with E-state index in [1.54, 1.807) is 6.33 Å². The van der Waals surface area contributed by atoms with Crippen LogP contribution in [0, 0.1) is 0 Å². The average Bonchev–Trinajstić information content (AvgIpc) is 2.47. The number of aromatic amines is 1. The van der Waals surface area contributed by atoms with Crippen LogP contribution < -0.4 is 5.56 Å². The molecule has 0 saturated heterocycles. The lowest BCUT2D eigenvalue weighted by Crippen LogP contribution is -2.24. The maximum absolute atomic E-state index is 11.6. The molecule has 0 fully saturated rings. The van der Waals surface area contributed by atoms with Crippen molar-refractivity contribution in [2.75, 3.05) is 0 Å². The maximum Gasteiger partial charge on any atom is 0.276 e. The molecule has 0 radical (unpaired) electrons. The van der Waals surface area contributed by atoms with Gasteiger partial charge in [-0.05, 0) is 20.8 Å². The van der Waals surface area contributed by atoms with Gasteiger partial charge in [0.1, 0.15) is 0 Å². The van der Waals surface area contributed by atoms with Crippen molar-refractivity contribution < 1.29 is 0 Å². The van der Waals surface area contributed by atoms with Crippen molar-refractivity contribution in [2.24, 2.45) is 0 Å². The van der Waals surface area contributed by atoms with Gasteiger partial charge in [0.05, 0.1) is 12.7 Å². The van der Waals surface area contributed by atoms with E-state index in [0.29, 0.717) is 11.2 Å². The summed E-state index contributed by atoms with van der Waals surface area (Å²) in [4.78, 5) is 22.2. The summed E-state index contributed by atoms with van der Waals surface area (Å²) in [6.07, 6.45) is 3.01. The first-order valence-electron chi connectivity index (χ1n) is 4.41. The minimum atomic E-state index is -0.162. The first-order valence-corrected chi connectivity index (χ1v) is 4.41. The Bertz CT molecular complexity index is 517. The largest absolute Gasteiger partial charge is 0.319 e. The minimum Gasteiger partial charge on any atom is -0.319 e. The molecule has 0 aliphatic rings. The van der Waals surface area contributed by atoms with Crippen LogP contribution in [-0.2, 0) is 5.54 Å². The first-order chi connectivity index (χ1) is 6.50. The Morgan fingerprint density at radius 3 is 2.71 bits per heavy atom. The van der Waals surface area contributed by atoms with Crippen molar-refractivity contribution in [3.8, 4) is 0 Å². The van der Waals surface area contributed by atoms with Gasteiger partial charge in [-0.1, -0.05) is 0 Å². The van der Waals surface area contributed by atoms with Crippen LogP contribution in [0.1, 0.15) is 20.8 Å². The molecular weight excluding hydrogens is 180 g/mol. The van der Waals surface area contributed by atoms with Gasteiger partial charge in [0.2, 0.25) is 0 Å².